The summed E-state index contributed by atoms with van der Waals surface area (Å²) in [4.78, 5) is 29.0. The molecule has 0 aliphatic carbocycles. The number of ether oxygens (including phenoxy) is 1. The van der Waals surface area contributed by atoms with Gasteiger partial charge in [-0.05, 0) is 51.7 Å². The highest BCUT2D eigenvalue weighted by atomic mass is 16.6. The molecular formula is C16H21N2O4-. The first-order valence-electron chi connectivity index (χ1n) is 7.36. The molecule has 0 unspecified atom stereocenters. The number of carboxylic acid groups (broad SMARTS) is 1. The second-order valence-electron chi connectivity index (χ2n) is 6.59. The highest BCUT2D eigenvalue weighted by Gasteiger charge is 2.38. The van der Waals surface area contributed by atoms with Gasteiger partial charge in [0.2, 0.25) is 0 Å². The maximum atomic E-state index is 12.2. The third-order valence-electron chi connectivity index (χ3n) is 3.51. The van der Waals surface area contributed by atoms with Crippen molar-refractivity contribution < 1.29 is 19.4 Å². The zero-order valence-electron chi connectivity index (χ0n) is 13.1. The number of carboxylic acids is 1. The molecule has 6 nitrogen and oxygen atoms in total. The molecule has 1 amide bonds. The number of aromatic nitrogens is 1. The Morgan fingerprint density at radius 2 is 2.14 bits per heavy atom. The molecule has 0 aromatic carbocycles. The van der Waals surface area contributed by atoms with Crippen molar-refractivity contribution in [3.63, 3.8) is 0 Å². The van der Waals surface area contributed by atoms with E-state index in [-0.39, 0.29) is 5.92 Å². The summed E-state index contributed by atoms with van der Waals surface area (Å²) in [5.74, 6) is -1.21. The molecule has 1 fully saturated rings. The lowest BCUT2D eigenvalue weighted by Gasteiger charge is -2.28. The summed E-state index contributed by atoms with van der Waals surface area (Å²) in [5.41, 5.74) is 0.225. The molecule has 6 heteroatoms. The van der Waals surface area contributed by atoms with Crippen LogP contribution in [0.1, 0.15) is 32.9 Å². The SMILES string of the molecule is CC(C)(C)OC(=O)N1C[C@H](Cc2ccccn2)C[C@H]1C(=O)[O-]. The van der Waals surface area contributed by atoms with Gasteiger partial charge in [0.25, 0.3) is 0 Å². The molecule has 0 radical (unpaired) electrons. The van der Waals surface area contributed by atoms with Crippen LogP contribution >= 0.6 is 0 Å². The topological polar surface area (TPSA) is 82.6 Å². The number of carbonyl (C=O) groups excluding carboxylic acids is 2. The van der Waals surface area contributed by atoms with Crippen LogP contribution in [0.3, 0.4) is 0 Å². The van der Waals surface area contributed by atoms with E-state index in [0.29, 0.717) is 19.4 Å². The second kappa shape index (κ2) is 6.34. The lowest BCUT2D eigenvalue weighted by atomic mass is 9.99. The predicted molar refractivity (Wildman–Crippen MR) is 77.8 cm³/mol. The van der Waals surface area contributed by atoms with Crippen LogP contribution in [0.5, 0.6) is 0 Å². The highest BCUT2D eigenvalue weighted by Crippen LogP contribution is 2.27. The van der Waals surface area contributed by atoms with E-state index in [0.717, 1.165) is 5.69 Å². The van der Waals surface area contributed by atoms with Gasteiger partial charge in [0.1, 0.15) is 5.60 Å². The number of hydrogen-bond acceptors (Lipinski definition) is 5. The molecule has 1 aromatic heterocycles. The minimum absolute atomic E-state index is 0.0327. The lowest BCUT2D eigenvalue weighted by molar-refractivity contribution is -0.310. The van der Waals surface area contributed by atoms with Crippen molar-refractivity contribution >= 4 is 12.1 Å². The molecule has 0 N–H and O–H groups in total. The molecule has 0 saturated carbocycles. The van der Waals surface area contributed by atoms with Gasteiger partial charge in [0.15, 0.2) is 0 Å². The average molecular weight is 305 g/mol. The quantitative estimate of drug-likeness (QED) is 0.832. The highest BCUT2D eigenvalue weighted by molar-refractivity contribution is 5.79. The summed E-state index contributed by atoms with van der Waals surface area (Å²) < 4.78 is 5.28. The van der Waals surface area contributed by atoms with Gasteiger partial charge in [-0.25, -0.2) is 4.79 Å². The molecule has 2 atom stereocenters. The number of likely N-dealkylation sites (tertiary alicyclic amines) is 1. The number of carbonyl (C=O) groups is 2. The standard InChI is InChI=1S/C16H22N2O4/c1-16(2,3)22-15(21)18-10-11(9-13(18)14(19)20)8-12-6-4-5-7-17-12/h4-7,11,13H,8-10H2,1-3H3,(H,19,20)/p-1/t11-,13+/m1/s1. The fourth-order valence-corrected chi connectivity index (χ4v) is 2.63. The second-order valence-corrected chi connectivity index (χ2v) is 6.59. The molecule has 1 aromatic rings. The zero-order chi connectivity index (χ0) is 16.3. The normalized spacial score (nSPS) is 21.7. The fraction of sp³-hybridized carbons (Fsp3) is 0.562. The van der Waals surface area contributed by atoms with Crippen molar-refractivity contribution in [2.24, 2.45) is 5.92 Å². The van der Waals surface area contributed by atoms with E-state index in [2.05, 4.69) is 4.98 Å². The Hall–Kier alpha value is -2.11. The van der Waals surface area contributed by atoms with Gasteiger partial charge in [-0.15, -0.1) is 0 Å². The van der Waals surface area contributed by atoms with Gasteiger partial charge in [0.05, 0.1) is 12.0 Å². The van der Waals surface area contributed by atoms with Crippen LogP contribution in [-0.4, -0.2) is 40.1 Å². The van der Waals surface area contributed by atoms with E-state index < -0.39 is 23.7 Å². The summed E-state index contributed by atoms with van der Waals surface area (Å²) in [6.07, 6.45) is 2.08. The lowest BCUT2D eigenvalue weighted by Crippen LogP contribution is -2.48. The molecule has 120 valence electrons. The van der Waals surface area contributed by atoms with Gasteiger partial charge in [0, 0.05) is 18.4 Å². The summed E-state index contributed by atoms with van der Waals surface area (Å²) in [6, 6.07) is 4.67. The molecule has 1 aliphatic heterocycles. The van der Waals surface area contributed by atoms with Gasteiger partial charge < -0.3 is 14.6 Å². The average Bonchev–Trinajstić information content (AvgIpc) is 2.82. The maximum Gasteiger partial charge on any atom is 0.410 e. The van der Waals surface area contributed by atoms with E-state index in [1.807, 2.05) is 18.2 Å². The Labute approximate surface area is 130 Å². The summed E-state index contributed by atoms with van der Waals surface area (Å²) >= 11 is 0. The van der Waals surface area contributed by atoms with Crippen LogP contribution in [0.4, 0.5) is 4.79 Å². The van der Waals surface area contributed by atoms with Crippen LogP contribution in [0, 0.1) is 5.92 Å². The minimum atomic E-state index is -1.24. The first-order valence-corrected chi connectivity index (χ1v) is 7.36. The first-order chi connectivity index (χ1) is 10.3. The van der Waals surface area contributed by atoms with Crippen LogP contribution in [0.15, 0.2) is 24.4 Å². The van der Waals surface area contributed by atoms with Crippen molar-refractivity contribution in [2.45, 2.75) is 45.3 Å². The number of aliphatic carboxylic acids is 1. The van der Waals surface area contributed by atoms with Gasteiger partial charge in [-0.1, -0.05) is 6.07 Å². The maximum absolute atomic E-state index is 12.2. The van der Waals surface area contributed by atoms with E-state index in [9.17, 15) is 14.7 Å². The first kappa shape index (κ1) is 16.3. The Kier molecular flexibility index (Phi) is 4.68. The number of hydrogen-bond donors (Lipinski definition) is 0. The molecule has 0 spiro atoms. The van der Waals surface area contributed by atoms with E-state index in [4.69, 9.17) is 4.74 Å². The number of pyridine rings is 1. The van der Waals surface area contributed by atoms with Crippen LogP contribution in [0.2, 0.25) is 0 Å². The van der Waals surface area contributed by atoms with Gasteiger partial charge >= 0.3 is 6.09 Å². The predicted octanol–water partition coefficient (Wildman–Crippen LogP) is 1.000. The van der Waals surface area contributed by atoms with E-state index >= 15 is 0 Å². The van der Waals surface area contributed by atoms with Crippen LogP contribution < -0.4 is 5.11 Å². The molecular weight excluding hydrogens is 284 g/mol. The summed E-state index contributed by atoms with van der Waals surface area (Å²) in [7, 11) is 0. The Morgan fingerprint density at radius 1 is 1.41 bits per heavy atom. The monoisotopic (exact) mass is 305 g/mol. The molecule has 1 aliphatic rings. The Balaban J connectivity index is 2.06. The van der Waals surface area contributed by atoms with Gasteiger partial charge in [-0.3, -0.25) is 9.88 Å². The molecule has 22 heavy (non-hydrogen) atoms. The van der Waals surface area contributed by atoms with Crippen molar-refractivity contribution in [1.29, 1.82) is 0 Å². The van der Waals surface area contributed by atoms with Crippen LogP contribution in [0.25, 0.3) is 0 Å². The third-order valence-corrected chi connectivity index (χ3v) is 3.51. The van der Waals surface area contributed by atoms with Gasteiger partial charge in [-0.2, -0.15) is 0 Å². The van der Waals surface area contributed by atoms with Crippen LogP contribution in [-0.2, 0) is 16.0 Å². The molecule has 0 bridgehead atoms. The van der Waals surface area contributed by atoms with Crippen molar-refractivity contribution in [3.05, 3.63) is 30.1 Å². The fourth-order valence-electron chi connectivity index (χ4n) is 2.63. The van der Waals surface area contributed by atoms with Crippen molar-refractivity contribution in [3.8, 4) is 0 Å². The molecule has 2 rings (SSSR count). The van der Waals surface area contributed by atoms with Crippen molar-refractivity contribution in [2.75, 3.05) is 6.54 Å². The molecule has 1 saturated heterocycles. The Bertz CT molecular complexity index is 539. The largest absolute Gasteiger partial charge is 0.548 e. The van der Waals surface area contributed by atoms with E-state index in [1.54, 1.807) is 27.0 Å². The smallest absolute Gasteiger partial charge is 0.410 e. The third kappa shape index (κ3) is 4.19. The Morgan fingerprint density at radius 3 is 2.68 bits per heavy atom. The minimum Gasteiger partial charge on any atom is -0.548 e. The summed E-state index contributed by atoms with van der Waals surface area (Å²) in [6.45, 7) is 5.59. The zero-order valence-corrected chi connectivity index (χ0v) is 13.1. The number of rotatable bonds is 3. The van der Waals surface area contributed by atoms with E-state index in [1.165, 1.54) is 4.90 Å². The number of amides is 1. The van der Waals surface area contributed by atoms with Crippen molar-refractivity contribution in [1.82, 2.24) is 9.88 Å². The number of nitrogens with zero attached hydrogens (tertiary/aromatic N) is 2. The summed E-state index contributed by atoms with van der Waals surface area (Å²) in [5, 5.41) is 11.3. The molecule has 2 heterocycles.